The van der Waals surface area contributed by atoms with E-state index >= 15 is 0 Å². The number of piperidine rings is 1. The van der Waals surface area contributed by atoms with Gasteiger partial charge in [0.2, 0.25) is 0 Å². The zero-order valence-electron chi connectivity index (χ0n) is 13.5. The summed E-state index contributed by atoms with van der Waals surface area (Å²) in [6.45, 7) is 7.47. The van der Waals surface area contributed by atoms with Gasteiger partial charge in [0.05, 0.1) is 6.10 Å². The zero-order chi connectivity index (χ0) is 15.0. The van der Waals surface area contributed by atoms with Crippen molar-refractivity contribution in [3.05, 3.63) is 29.3 Å². The molecule has 2 saturated heterocycles. The number of hydrogen-bond donors (Lipinski definition) is 2. The monoisotopic (exact) mass is 288 g/mol. The fourth-order valence-electron chi connectivity index (χ4n) is 3.96. The van der Waals surface area contributed by atoms with Crippen LogP contribution < -0.4 is 10.2 Å². The highest BCUT2D eigenvalue weighted by atomic mass is 16.3. The molecule has 0 amide bonds. The van der Waals surface area contributed by atoms with E-state index in [-0.39, 0.29) is 6.10 Å². The fourth-order valence-corrected chi connectivity index (χ4v) is 3.96. The van der Waals surface area contributed by atoms with Crippen molar-refractivity contribution in [1.29, 1.82) is 0 Å². The Labute approximate surface area is 128 Å². The third-order valence-electron chi connectivity index (χ3n) is 4.92. The molecule has 0 radical (unpaired) electrons. The molecular weight excluding hydrogens is 260 g/mol. The molecule has 21 heavy (non-hydrogen) atoms. The van der Waals surface area contributed by atoms with Crippen LogP contribution >= 0.6 is 0 Å². The molecule has 3 heteroatoms. The number of hydrogen-bond acceptors (Lipinski definition) is 3. The van der Waals surface area contributed by atoms with E-state index in [1.807, 2.05) is 0 Å². The molecule has 3 rings (SSSR count). The van der Waals surface area contributed by atoms with Gasteiger partial charge in [-0.15, -0.1) is 0 Å². The zero-order valence-corrected chi connectivity index (χ0v) is 13.5. The van der Waals surface area contributed by atoms with Crippen LogP contribution in [0, 0.1) is 6.92 Å². The summed E-state index contributed by atoms with van der Waals surface area (Å²) in [5, 5.41) is 13.6. The highest BCUT2D eigenvalue weighted by Gasteiger charge is 2.40. The molecule has 2 heterocycles. The van der Waals surface area contributed by atoms with E-state index in [4.69, 9.17) is 0 Å². The molecule has 1 aromatic rings. The normalized spacial score (nSPS) is 28.4. The molecule has 3 nitrogen and oxygen atoms in total. The van der Waals surface area contributed by atoms with Gasteiger partial charge in [0.25, 0.3) is 0 Å². The molecule has 2 unspecified atom stereocenters. The lowest BCUT2D eigenvalue weighted by molar-refractivity contribution is 0.126. The molecule has 0 aliphatic carbocycles. The Morgan fingerprint density at radius 1 is 1.24 bits per heavy atom. The largest absolute Gasteiger partial charge is 0.393 e. The summed E-state index contributed by atoms with van der Waals surface area (Å²) >= 11 is 0. The maximum atomic E-state index is 10.0. The van der Waals surface area contributed by atoms with E-state index in [2.05, 4.69) is 49.2 Å². The van der Waals surface area contributed by atoms with E-state index < -0.39 is 0 Å². The van der Waals surface area contributed by atoms with Gasteiger partial charge >= 0.3 is 0 Å². The summed E-state index contributed by atoms with van der Waals surface area (Å²) in [4.78, 5) is 2.60. The highest BCUT2D eigenvalue weighted by molar-refractivity contribution is 5.58. The summed E-state index contributed by atoms with van der Waals surface area (Å²) in [5.74, 6) is 0. The Morgan fingerprint density at radius 3 is 2.52 bits per heavy atom. The molecule has 2 fully saturated rings. The number of nitrogens with one attached hydrogen (secondary N) is 1. The lowest BCUT2D eigenvalue weighted by Crippen LogP contribution is -2.45. The Bertz CT molecular complexity index is 486. The van der Waals surface area contributed by atoms with Crippen LogP contribution in [0.4, 0.5) is 5.69 Å². The summed E-state index contributed by atoms with van der Waals surface area (Å²) in [7, 11) is 0. The standard InChI is InChI=1S/C18H28N2O/c1-12(2)19-11-14-8-13(3)4-7-18(14)20-15-5-6-16(20)10-17(21)9-15/h4,7-8,12,15-17,19,21H,5-6,9-11H2,1-3H3. The van der Waals surface area contributed by atoms with Crippen LogP contribution in [0.1, 0.15) is 50.7 Å². The summed E-state index contributed by atoms with van der Waals surface area (Å²) in [6, 6.07) is 8.38. The van der Waals surface area contributed by atoms with Crippen molar-refractivity contribution in [1.82, 2.24) is 5.32 Å². The molecule has 2 atom stereocenters. The number of aryl methyl sites for hydroxylation is 1. The van der Waals surface area contributed by atoms with Crippen LogP contribution in [0.25, 0.3) is 0 Å². The van der Waals surface area contributed by atoms with Gasteiger partial charge in [0, 0.05) is 30.4 Å². The van der Waals surface area contributed by atoms with Crippen molar-refractivity contribution in [3.63, 3.8) is 0 Å². The molecule has 2 bridgehead atoms. The molecule has 2 aliphatic heterocycles. The summed E-state index contributed by atoms with van der Waals surface area (Å²) < 4.78 is 0. The number of fused-ring (bicyclic) bond motifs is 2. The maximum Gasteiger partial charge on any atom is 0.0579 e. The molecule has 1 aromatic carbocycles. The first-order valence-electron chi connectivity index (χ1n) is 8.34. The fraction of sp³-hybridized carbons (Fsp3) is 0.667. The Hall–Kier alpha value is -1.06. The van der Waals surface area contributed by atoms with E-state index in [1.54, 1.807) is 0 Å². The highest BCUT2D eigenvalue weighted by Crippen LogP contribution is 2.40. The van der Waals surface area contributed by atoms with Crippen molar-refractivity contribution >= 4 is 5.69 Å². The van der Waals surface area contributed by atoms with E-state index in [1.165, 1.54) is 29.7 Å². The van der Waals surface area contributed by atoms with E-state index in [0.29, 0.717) is 18.1 Å². The first-order valence-corrected chi connectivity index (χ1v) is 8.34. The number of nitrogens with zero attached hydrogens (tertiary/aromatic N) is 1. The summed E-state index contributed by atoms with van der Waals surface area (Å²) in [5.41, 5.74) is 4.11. The topological polar surface area (TPSA) is 35.5 Å². The van der Waals surface area contributed by atoms with Gasteiger partial charge < -0.3 is 15.3 Å². The van der Waals surface area contributed by atoms with Crippen LogP contribution in [0.15, 0.2) is 18.2 Å². The minimum Gasteiger partial charge on any atom is -0.393 e. The lowest BCUT2D eigenvalue weighted by Gasteiger charge is -2.40. The average molecular weight is 288 g/mol. The number of rotatable bonds is 4. The molecule has 0 saturated carbocycles. The second-order valence-electron chi connectivity index (χ2n) is 7.09. The number of benzene rings is 1. The van der Waals surface area contributed by atoms with Crippen LogP contribution in [-0.2, 0) is 6.54 Å². The quantitative estimate of drug-likeness (QED) is 0.894. The molecular formula is C18H28N2O. The van der Waals surface area contributed by atoms with Crippen LogP contribution in [0.3, 0.4) is 0 Å². The first kappa shape index (κ1) is 14.9. The molecule has 2 N–H and O–H groups in total. The van der Waals surface area contributed by atoms with Crippen molar-refractivity contribution in [2.45, 2.75) is 77.2 Å². The van der Waals surface area contributed by atoms with Gasteiger partial charge in [-0.05, 0) is 44.2 Å². The van der Waals surface area contributed by atoms with Gasteiger partial charge in [-0.3, -0.25) is 0 Å². The van der Waals surface area contributed by atoms with Crippen molar-refractivity contribution in [2.24, 2.45) is 0 Å². The maximum absolute atomic E-state index is 10.0. The van der Waals surface area contributed by atoms with Gasteiger partial charge in [-0.2, -0.15) is 0 Å². The van der Waals surface area contributed by atoms with Crippen molar-refractivity contribution in [2.75, 3.05) is 4.90 Å². The molecule has 0 spiro atoms. The Kier molecular flexibility index (Phi) is 4.23. The van der Waals surface area contributed by atoms with Crippen molar-refractivity contribution < 1.29 is 5.11 Å². The molecule has 2 aliphatic rings. The first-order chi connectivity index (χ1) is 10.0. The van der Waals surface area contributed by atoms with Gasteiger partial charge in [0.15, 0.2) is 0 Å². The van der Waals surface area contributed by atoms with Gasteiger partial charge in [-0.25, -0.2) is 0 Å². The second kappa shape index (κ2) is 5.98. The Balaban J connectivity index is 1.87. The second-order valence-corrected chi connectivity index (χ2v) is 7.09. The Morgan fingerprint density at radius 2 is 1.90 bits per heavy atom. The number of anilines is 1. The summed E-state index contributed by atoms with van der Waals surface area (Å²) in [6.07, 6.45) is 4.23. The SMILES string of the molecule is Cc1ccc(N2C3CCC2CC(O)C3)c(CNC(C)C)c1. The predicted octanol–water partition coefficient (Wildman–Crippen LogP) is 2.99. The van der Waals surface area contributed by atoms with Gasteiger partial charge in [0.1, 0.15) is 0 Å². The average Bonchev–Trinajstić information content (AvgIpc) is 2.68. The third-order valence-corrected chi connectivity index (χ3v) is 4.92. The molecule has 116 valence electrons. The third kappa shape index (κ3) is 3.09. The van der Waals surface area contributed by atoms with Crippen molar-refractivity contribution in [3.8, 4) is 0 Å². The van der Waals surface area contributed by atoms with E-state index in [0.717, 1.165) is 19.4 Å². The molecule has 0 aromatic heterocycles. The van der Waals surface area contributed by atoms with E-state index in [9.17, 15) is 5.11 Å². The van der Waals surface area contributed by atoms with Crippen LogP contribution in [0.5, 0.6) is 0 Å². The number of aliphatic hydroxyl groups is 1. The minimum atomic E-state index is -0.0959. The minimum absolute atomic E-state index is 0.0959. The predicted molar refractivity (Wildman–Crippen MR) is 87.7 cm³/mol. The van der Waals surface area contributed by atoms with Crippen LogP contribution in [0.2, 0.25) is 0 Å². The number of aliphatic hydroxyl groups excluding tert-OH is 1. The lowest BCUT2D eigenvalue weighted by atomic mass is 9.97. The smallest absolute Gasteiger partial charge is 0.0579 e. The van der Waals surface area contributed by atoms with Gasteiger partial charge in [-0.1, -0.05) is 31.5 Å². The van der Waals surface area contributed by atoms with Crippen LogP contribution in [-0.4, -0.2) is 29.3 Å².